The van der Waals surface area contributed by atoms with Crippen molar-refractivity contribution in [3.8, 4) is 11.5 Å². The number of likely N-dealkylation sites (tertiary alicyclic amines) is 1. The van der Waals surface area contributed by atoms with E-state index < -0.39 is 15.9 Å². The minimum Gasteiger partial charge on any atom is -0.455 e. The van der Waals surface area contributed by atoms with E-state index in [4.69, 9.17) is 10.5 Å². The van der Waals surface area contributed by atoms with Crippen LogP contribution in [0.4, 0.5) is 5.69 Å². The van der Waals surface area contributed by atoms with Crippen molar-refractivity contribution in [3.63, 3.8) is 0 Å². The highest BCUT2D eigenvalue weighted by atomic mass is 32.2. The van der Waals surface area contributed by atoms with Gasteiger partial charge in [0.15, 0.2) is 5.75 Å². The molecule has 2 amide bonds. The maximum Gasteiger partial charge on any atom is 0.262 e. The van der Waals surface area contributed by atoms with Gasteiger partial charge in [0.1, 0.15) is 5.75 Å². The van der Waals surface area contributed by atoms with Gasteiger partial charge in [0.25, 0.3) is 10.0 Å². The number of amides is 2. The molecule has 3 aromatic rings. The maximum atomic E-state index is 13.4. The summed E-state index contributed by atoms with van der Waals surface area (Å²) in [5.74, 6) is 0.00281. The molecule has 0 saturated carbocycles. The lowest BCUT2D eigenvalue weighted by Crippen LogP contribution is -2.50. The van der Waals surface area contributed by atoms with Gasteiger partial charge in [-0.3, -0.25) is 19.2 Å². The summed E-state index contributed by atoms with van der Waals surface area (Å²) in [6.07, 6.45) is 2.41. The van der Waals surface area contributed by atoms with Crippen LogP contribution in [0.3, 0.4) is 0 Å². The third-order valence-electron chi connectivity index (χ3n) is 7.75. The summed E-state index contributed by atoms with van der Waals surface area (Å²) >= 11 is 0. The van der Waals surface area contributed by atoms with Gasteiger partial charge < -0.3 is 20.3 Å². The number of nitrogens with zero attached hydrogens (tertiary/aromatic N) is 3. The number of nitrogens with two attached hydrogens (primary N) is 1. The molecule has 3 aromatic carbocycles. The van der Waals surface area contributed by atoms with Crippen LogP contribution in [0, 0.1) is 0 Å². The third-order valence-corrected chi connectivity index (χ3v) is 9.12. The molecule has 0 bridgehead atoms. The van der Waals surface area contributed by atoms with Crippen LogP contribution in [-0.4, -0.2) is 87.3 Å². The van der Waals surface area contributed by atoms with Gasteiger partial charge in [0.05, 0.1) is 17.0 Å². The Hall–Kier alpha value is -3.93. The summed E-state index contributed by atoms with van der Waals surface area (Å²) in [7, 11) is -4.09. The first-order chi connectivity index (χ1) is 20.3. The Morgan fingerprint density at radius 1 is 0.810 bits per heavy atom. The first kappa shape index (κ1) is 29.6. The highest BCUT2D eigenvalue weighted by Crippen LogP contribution is 2.31. The standard InChI is InChI=1S/C31H37N5O5S/c32-31(38)27-13-12-26(42(39,40)33-28-10-4-5-11-29(28)41-25-8-2-1-3-9-25)22-24(27)23-30(37)36-20-18-35(19-21-36)17-16-34-14-6-7-15-34/h1-5,8-13,22,33H,6-7,14-21,23H2,(H2,32,38). The largest absolute Gasteiger partial charge is 0.455 e. The summed E-state index contributed by atoms with van der Waals surface area (Å²) in [5, 5.41) is 0. The Bertz CT molecular complexity index is 1500. The summed E-state index contributed by atoms with van der Waals surface area (Å²) < 4.78 is 35.3. The van der Waals surface area contributed by atoms with Gasteiger partial charge in [-0.2, -0.15) is 0 Å². The van der Waals surface area contributed by atoms with Crippen molar-refractivity contribution in [2.45, 2.75) is 24.2 Å². The molecule has 0 spiro atoms. The van der Waals surface area contributed by atoms with E-state index in [2.05, 4.69) is 14.5 Å². The number of nitrogens with one attached hydrogen (secondary N) is 1. The molecule has 2 saturated heterocycles. The van der Waals surface area contributed by atoms with Crippen LogP contribution in [0.25, 0.3) is 0 Å². The van der Waals surface area contributed by atoms with Gasteiger partial charge in [-0.1, -0.05) is 30.3 Å². The molecule has 2 aliphatic heterocycles. The molecule has 11 heteroatoms. The average molecular weight is 592 g/mol. The second kappa shape index (κ2) is 13.4. The van der Waals surface area contributed by atoms with Crippen LogP contribution in [0.5, 0.6) is 11.5 Å². The molecule has 0 atom stereocenters. The Morgan fingerprint density at radius 2 is 1.45 bits per heavy atom. The molecule has 0 aromatic heterocycles. The number of anilines is 1. The average Bonchev–Trinajstić information content (AvgIpc) is 3.51. The Morgan fingerprint density at radius 3 is 2.14 bits per heavy atom. The number of para-hydroxylation sites is 3. The molecule has 0 radical (unpaired) electrons. The Balaban J connectivity index is 1.26. The van der Waals surface area contributed by atoms with Crippen molar-refractivity contribution >= 4 is 27.5 Å². The van der Waals surface area contributed by atoms with E-state index in [9.17, 15) is 18.0 Å². The van der Waals surface area contributed by atoms with E-state index >= 15 is 0 Å². The topological polar surface area (TPSA) is 125 Å². The van der Waals surface area contributed by atoms with Crippen molar-refractivity contribution in [2.75, 3.05) is 57.1 Å². The molecule has 222 valence electrons. The lowest BCUT2D eigenvalue weighted by atomic mass is 10.0. The van der Waals surface area contributed by atoms with Crippen LogP contribution in [-0.2, 0) is 21.2 Å². The number of sulfonamides is 1. The first-order valence-electron chi connectivity index (χ1n) is 14.3. The van der Waals surface area contributed by atoms with Crippen molar-refractivity contribution in [1.29, 1.82) is 0 Å². The predicted octanol–water partition coefficient (Wildman–Crippen LogP) is 3.16. The number of hydrogen-bond donors (Lipinski definition) is 2. The van der Waals surface area contributed by atoms with Gasteiger partial charge >= 0.3 is 0 Å². The number of rotatable bonds is 11. The zero-order valence-corrected chi connectivity index (χ0v) is 24.4. The van der Waals surface area contributed by atoms with E-state index in [0.29, 0.717) is 24.6 Å². The van der Waals surface area contributed by atoms with Crippen molar-refractivity contribution in [2.24, 2.45) is 5.73 Å². The maximum absolute atomic E-state index is 13.4. The minimum absolute atomic E-state index is 0.0865. The van der Waals surface area contributed by atoms with Gasteiger partial charge in [0, 0.05) is 44.8 Å². The van der Waals surface area contributed by atoms with Crippen LogP contribution in [0.1, 0.15) is 28.8 Å². The number of carbonyl (C=O) groups is 2. The highest BCUT2D eigenvalue weighted by Gasteiger charge is 2.25. The van der Waals surface area contributed by atoms with E-state index in [0.717, 1.165) is 26.2 Å². The normalized spacial score (nSPS) is 16.3. The van der Waals surface area contributed by atoms with Gasteiger partial charge in [-0.05, 0) is 74.0 Å². The second-order valence-corrected chi connectivity index (χ2v) is 12.3. The monoisotopic (exact) mass is 591 g/mol. The number of piperazine rings is 1. The van der Waals surface area contributed by atoms with E-state index in [-0.39, 0.29) is 34.0 Å². The Kier molecular flexibility index (Phi) is 9.41. The Labute approximate surface area is 247 Å². The van der Waals surface area contributed by atoms with E-state index in [1.165, 1.54) is 44.1 Å². The number of hydrogen-bond acceptors (Lipinski definition) is 7. The fraction of sp³-hybridized carbons (Fsp3) is 0.355. The van der Waals surface area contributed by atoms with Crippen LogP contribution >= 0.6 is 0 Å². The zero-order valence-electron chi connectivity index (χ0n) is 23.6. The van der Waals surface area contributed by atoms with Crippen LogP contribution in [0.15, 0.2) is 77.7 Å². The fourth-order valence-electron chi connectivity index (χ4n) is 5.37. The number of benzene rings is 3. The summed E-state index contributed by atoms with van der Waals surface area (Å²) in [6.45, 7) is 7.10. The van der Waals surface area contributed by atoms with Gasteiger partial charge in [-0.15, -0.1) is 0 Å². The molecule has 2 heterocycles. The summed E-state index contributed by atoms with van der Waals surface area (Å²) in [5.41, 5.74) is 6.25. The van der Waals surface area contributed by atoms with Crippen molar-refractivity contribution in [1.82, 2.24) is 14.7 Å². The van der Waals surface area contributed by atoms with Crippen molar-refractivity contribution in [3.05, 3.63) is 83.9 Å². The smallest absolute Gasteiger partial charge is 0.262 e. The molecular weight excluding hydrogens is 554 g/mol. The molecule has 0 unspecified atom stereocenters. The molecule has 0 aliphatic carbocycles. The van der Waals surface area contributed by atoms with E-state index in [1.807, 2.05) is 18.2 Å². The highest BCUT2D eigenvalue weighted by molar-refractivity contribution is 7.92. The van der Waals surface area contributed by atoms with Gasteiger partial charge in [-0.25, -0.2) is 8.42 Å². The molecule has 2 aliphatic rings. The quantitative estimate of drug-likeness (QED) is 0.351. The molecule has 2 fully saturated rings. The lowest BCUT2D eigenvalue weighted by Gasteiger charge is -2.35. The molecule has 10 nitrogen and oxygen atoms in total. The summed E-state index contributed by atoms with van der Waals surface area (Å²) in [4.78, 5) is 32.0. The molecule has 5 rings (SSSR count). The number of carbonyl (C=O) groups excluding carboxylic acids is 2. The SMILES string of the molecule is NC(=O)c1ccc(S(=O)(=O)Nc2ccccc2Oc2ccccc2)cc1CC(=O)N1CCN(CCN2CCCC2)CC1. The molecule has 3 N–H and O–H groups in total. The summed E-state index contributed by atoms with van der Waals surface area (Å²) in [6, 6.07) is 19.8. The van der Waals surface area contributed by atoms with Gasteiger partial charge in [0.2, 0.25) is 11.8 Å². The van der Waals surface area contributed by atoms with Crippen LogP contribution < -0.4 is 15.2 Å². The lowest BCUT2D eigenvalue weighted by molar-refractivity contribution is -0.132. The third kappa shape index (κ3) is 7.47. The predicted molar refractivity (Wildman–Crippen MR) is 161 cm³/mol. The number of primary amides is 1. The van der Waals surface area contributed by atoms with Crippen LogP contribution in [0.2, 0.25) is 0 Å². The molecule has 42 heavy (non-hydrogen) atoms. The zero-order chi connectivity index (χ0) is 29.5. The molecular formula is C31H37N5O5S. The number of ether oxygens (including phenoxy) is 1. The fourth-order valence-corrected chi connectivity index (χ4v) is 6.49. The minimum atomic E-state index is -4.09. The first-order valence-corrected chi connectivity index (χ1v) is 15.8. The van der Waals surface area contributed by atoms with Crippen molar-refractivity contribution < 1.29 is 22.7 Å². The second-order valence-electron chi connectivity index (χ2n) is 10.6. The van der Waals surface area contributed by atoms with E-state index in [1.54, 1.807) is 41.3 Å².